The Bertz CT molecular complexity index is 1200. The molecule has 0 aliphatic heterocycles. The minimum Gasteiger partial charge on any atom is -0.508 e. The average molecular weight is 490 g/mol. The van der Waals surface area contributed by atoms with Gasteiger partial charge in [-0.2, -0.15) is 0 Å². The number of nitrogens with one attached hydrogen (secondary N) is 1. The van der Waals surface area contributed by atoms with Gasteiger partial charge in [-0.1, -0.05) is 71.9 Å². The summed E-state index contributed by atoms with van der Waals surface area (Å²) in [6.07, 6.45) is 2.04. The van der Waals surface area contributed by atoms with Gasteiger partial charge in [0, 0.05) is 29.8 Å². The largest absolute Gasteiger partial charge is 0.508 e. The molecule has 0 saturated carbocycles. The van der Waals surface area contributed by atoms with Gasteiger partial charge in [0.1, 0.15) is 17.2 Å². The summed E-state index contributed by atoms with van der Waals surface area (Å²) in [5, 5.41) is 23.1. The molecule has 36 heavy (non-hydrogen) atoms. The lowest BCUT2D eigenvalue weighted by atomic mass is 9.76. The van der Waals surface area contributed by atoms with Gasteiger partial charge in [-0.05, 0) is 59.6 Å². The Kier molecular flexibility index (Phi) is 8.47. The molecule has 0 spiro atoms. The SMILES string of the molecule is CCC(C)(C)c1ccc(Oc2ccc(O)c(CCO)c2C(=O)Nc2ccccc2)c(C(C)(C)CC)c1. The highest BCUT2D eigenvalue weighted by Gasteiger charge is 2.28. The Labute approximate surface area is 215 Å². The van der Waals surface area contributed by atoms with Crippen molar-refractivity contribution in [3.05, 3.63) is 82.9 Å². The number of benzene rings is 3. The number of carbonyl (C=O) groups is 1. The van der Waals surface area contributed by atoms with Crippen molar-refractivity contribution in [1.29, 1.82) is 0 Å². The normalized spacial score (nSPS) is 11.9. The number of amides is 1. The minimum atomic E-state index is -0.407. The molecule has 5 heteroatoms. The Morgan fingerprint density at radius 2 is 1.53 bits per heavy atom. The van der Waals surface area contributed by atoms with Gasteiger partial charge in [0.05, 0.1) is 5.56 Å². The summed E-state index contributed by atoms with van der Waals surface area (Å²) in [6, 6.07) is 18.6. The molecule has 192 valence electrons. The number of rotatable bonds is 10. The molecule has 0 aliphatic carbocycles. The van der Waals surface area contributed by atoms with E-state index in [2.05, 4.69) is 59.0 Å². The Hall–Kier alpha value is -3.31. The summed E-state index contributed by atoms with van der Waals surface area (Å²) in [4.78, 5) is 13.5. The van der Waals surface area contributed by atoms with Gasteiger partial charge in [0.15, 0.2) is 0 Å². The number of aliphatic hydroxyl groups is 1. The van der Waals surface area contributed by atoms with E-state index in [4.69, 9.17) is 4.74 Å². The standard InChI is InChI=1S/C31H39NO4/c1-7-30(3,4)21-14-16-26(24(20-21)31(5,6)8-2)36-27-17-15-25(34)23(18-19-33)28(27)29(35)32-22-12-10-9-11-13-22/h9-17,20,33-34H,7-8,18-19H2,1-6H3,(H,32,35). The lowest BCUT2D eigenvalue weighted by Crippen LogP contribution is -2.21. The van der Waals surface area contributed by atoms with Crippen LogP contribution in [-0.4, -0.2) is 22.7 Å². The van der Waals surface area contributed by atoms with E-state index in [1.54, 1.807) is 18.2 Å². The predicted molar refractivity (Wildman–Crippen MR) is 146 cm³/mol. The molecule has 0 radical (unpaired) electrons. The Morgan fingerprint density at radius 3 is 2.14 bits per heavy atom. The summed E-state index contributed by atoms with van der Waals surface area (Å²) < 4.78 is 6.48. The topological polar surface area (TPSA) is 78.8 Å². The fourth-order valence-corrected chi connectivity index (χ4v) is 4.11. The Balaban J connectivity index is 2.14. The van der Waals surface area contributed by atoms with Crippen LogP contribution in [0.15, 0.2) is 60.7 Å². The van der Waals surface area contributed by atoms with Crippen molar-refractivity contribution < 1.29 is 19.7 Å². The third-order valence-corrected chi connectivity index (χ3v) is 7.35. The maximum Gasteiger partial charge on any atom is 0.259 e. The number of hydrogen-bond donors (Lipinski definition) is 3. The molecule has 0 bridgehead atoms. The molecule has 3 N–H and O–H groups in total. The van der Waals surface area contributed by atoms with Crippen LogP contribution in [0.2, 0.25) is 0 Å². The molecule has 0 heterocycles. The number of phenols is 1. The van der Waals surface area contributed by atoms with Gasteiger partial charge < -0.3 is 20.3 Å². The van der Waals surface area contributed by atoms with E-state index in [1.807, 2.05) is 24.3 Å². The van der Waals surface area contributed by atoms with Crippen LogP contribution in [0.1, 0.15) is 81.4 Å². The van der Waals surface area contributed by atoms with Crippen molar-refractivity contribution in [1.82, 2.24) is 0 Å². The van der Waals surface area contributed by atoms with Gasteiger partial charge in [0.25, 0.3) is 5.91 Å². The van der Waals surface area contributed by atoms with Gasteiger partial charge >= 0.3 is 0 Å². The van der Waals surface area contributed by atoms with Gasteiger partial charge in [-0.15, -0.1) is 0 Å². The van der Waals surface area contributed by atoms with E-state index in [-0.39, 0.29) is 35.2 Å². The van der Waals surface area contributed by atoms with Crippen molar-refractivity contribution in [3.63, 3.8) is 0 Å². The summed E-state index contributed by atoms with van der Waals surface area (Å²) in [7, 11) is 0. The predicted octanol–water partition coefficient (Wildman–Crippen LogP) is 7.35. The van der Waals surface area contributed by atoms with Crippen LogP contribution >= 0.6 is 0 Å². The first-order chi connectivity index (χ1) is 17.0. The number of para-hydroxylation sites is 1. The number of carbonyl (C=O) groups excluding carboxylic acids is 1. The van der Waals surface area contributed by atoms with E-state index >= 15 is 0 Å². The van der Waals surface area contributed by atoms with Crippen molar-refractivity contribution >= 4 is 11.6 Å². The number of hydrogen-bond acceptors (Lipinski definition) is 4. The van der Waals surface area contributed by atoms with E-state index < -0.39 is 5.91 Å². The molecule has 3 rings (SSSR count). The maximum atomic E-state index is 13.5. The lowest BCUT2D eigenvalue weighted by Gasteiger charge is -2.30. The van der Waals surface area contributed by atoms with E-state index in [0.29, 0.717) is 22.7 Å². The second-order valence-corrected chi connectivity index (χ2v) is 10.5. The zero-order valence-corrected chi connectivity index (χ0v) is 22.3. The number of ether oxygens (including phenoxy) is 1. The third-order valence-electron chi connectivity index (χ3n) is 7.35. The van der Waals surface area contributed by atoms with Crippen LogP contribution in [0, 0.1) is 0 Å². The molecule has 0 atom stereocenters. The maximum absolute atomic E-state index is 13.5. The second kappa shape index (κ2) is 11.2. The first-order valence-corrected chi connectivity index (χ1v) is 12.7. The molecule has 0 fully saturated rings. The van der Waals surface area contributed by atoms with Crippen LogP contribution in [0.3, 0.4) is 0 Å². The van der Waals surface area contributed by atoms with Crippen molar-refractivity contribution in [3.8, 4) is 17.2 Å². The first-order valence-electron chi connectivity index (χ1n) is 12.7. The van der Waals surface area contributed by atoms with Crippen molar-refractivity contribution in [2.75, 3.05) is 11.9 Å². The quantitative estimate of drug-likeness (QED) is 0.278. The summed E-state index contributed by atoms with van der Waals surface area (Å²) in [5.74, 6) is 0.548. The van der Waals surface area contributed by atoms with Crippen LogP contribution in [-0.2, 0) is 17.3 Å². The smallest absolute Gasteiger partial charge is 0.259 e. The molecule has 3 aromatic rings. The third kappa shape index (κ3) is 5.90. The minimum absolute atomic E-state index is 0.0185. The first kappa shape index (κ1) is 27.3. The fourth-order valence-electron chi connectivity index (χ4n) is 4.11. The highest BCUT2D eigenvalue weighted by atomic mass is 16.5. The van der Waals surface area contributed by atoms with Crippen LogP contribution < -0.4 is 10.1 Å². The number of phenolic OH excluding ortho intramolecular Hbond substituents is 1. The average Bonchev–Trinajstić information content (AvgIpc) is 2.86. The van der Waals surface area contributed by atoms with Gasteiger partial charge in [-0.3, -0.25) is 4.79 Å². The van der Waals surface area contributed by atoms with E-state index in [9.17, 15) is 15.0 Å². The van der Waals surface area contributed by atoms with E-state index in [0.717, 1.165) is 18.4 Å². The molecule has 0 unspecified atom stereocenters. The van der Waals surface area contributed by atoms with Crippen LogP contribution in [0.4, 0.5) is 5.69 Å². The van der Waals surface area contributed by atoms with Gasteiger partial charge in [-0.25, -0.2) is 0 Å². The Morgan fingerprint density at radius 1 is 0.889 bits per heavy atom. The highest BCUT2D eigenvalue weighted by Crippen LogP contribution is 2.42. The highest BCUT2D eigenvalue weighted by molar-refractivity contribution is 6.07. The molecule has 1 amide bonds. The molecule has 3 aromatic carbocycles. The number of aromatic hydroxyl groups is 1. The van der Waals surface area contributed by atoms with Crippen molar-refractivity contribution in [2.45, 2.75) is 71.6 Å². The lowest BCUT2D eigenvalue weighted by molar-refractivity contribution is 0.102. The molecule has 0 saturated heterocycles. The number of anilines is 1. The molecule has 5 nitrogen and oxygen atoms in total. The second-order valence-electron chi connectivity index (χ2n) is 10.5. The summed E-state index contributed by atoms with van der Waals surface area (Å²) >= 11 is 0. The fraction of sp³-hybridized carbons (Fsp3) is 0.387. The monoisotopic (exact) mass is 489 g/mol. The van der Waals surface area contributed by atoms with Crippen LogP contribution in [0.25, 0.3) is 0 Å². The van der Waals surface area contributed by atoms with Crippen LogP contribution in [0.5, 0.6) is 17.2 Å². The molecular weight excluding hydrogens is 450 g/mol. The van der Waals surface area contributed by atoms with E-state index in [1.165, 1.54) is 11.6 Å². The van der Waals surface area contributed by atoms with Crippen molar-refractivity contribution in [2.24, 2.45) is 0 Å². The molecule has 0 aliphatic rings. The zero-order valence-electron chi connectivity index (χ0n) is 22.3. The summed E-state index contributed by atoms with van der Waals surface area (Å²) in [6.45, 7) is 13.0. The van der Waals surface area contributed by atoms with Gasteiger partial charge in [0.2, 0.25) is 0 Å². The molecular formula is C31H39NO4. The number of aliphatic hydroxyl groups excluding tert-OH is 1. The molecule has 0 aromatic heterocycles. The summed E-state index contributed by atoms with van der Waals surface area (Å²) in [5.41, 5.74) is 3.36. The zero-order chi connectivity index (χ0) is 26.5.